The van der Waals surface area contributed by atoms with Crippen LogP contribution in [0.3, 0.4) is 0 Å². The second-order valence-electron chi connectivity index (χ2n) is 10.3. The molecule has 2 atom stereocenters. The summed E-state index contributed by atoms with van der Waals surface area (Å²) in [7, 11) is 0. The third-order valence-corrected chi connectivity index (χ3v) is 6.84. The van der Waals surface area contributed by atoms with Gasteiger partial charge in [0.05, 0.1) is 47.3 Å². The van der Waals surface area contributed by atoms with E-state index < -0.39 is 47.9 Å². The smallest absolute Gasteiger partial charge is 0.433 e. The third kappa shape index (κ3) is 7.01. The van der Waals surface area contributed by atoms with Crippen LogP contribution < -0.4 is 15.5 Å². The van der Waals surface area contributed by atoms with Gasteiger partial charge < -0.3 is 15.4 Å². The molecule has 3 heterocycles. The van der Waals surface area contributed by atoms with Gasteiger partial charge in [0.2, 0.25) is 0 Å². The van der Waals surface area contributed by atoms with Crippen LogP contribution >= 0.6 is 0 Å². The van der Waals surface area contributed by atoms with Gasteiger partial charge in [0.25, 0.3) is 5.95 Å². The lowest BCUT2D eigenvalue weighted by Gasteiger charge is -2.43. The van der Waals surface area contributed by atoms with Crippen LogP contribution in [0.4, 0.5) is 42.8 Å². The summed E-state index contributed by atoms with van der Waals surface area (Å²) in [6, 6.07) is 4.66. The minimum absolute atomic E-state index is 0.00905. The second-order valence-corrected chi connectivity index (χ2v) is 10.3. The van der Waals surface area contributed by atoms with E-state index in [-0.39, 0.29) is 54.5 Å². The molecule has 0 bridgehead atoms. The van der Waals surface area contributed by atoms with E-state index in [0.29, 0.717) is 12.5 Å². The number of pyridine rings is 1. The van der Waals surface area contributed by atoms with Crippen LogP contribution in [0, 0.1) is 11.3 Å². The number of alkyl halides is 6. The number of fused-ring (bicyclic) bond motifs is 1. The minimum atomic E-state index is -4.85. The number of hydrogen-bond donors (Lipinski definition) is 1. The first-order valence-corrected chi connectivity index (χ1v) is 13.6. The molecular weight excluding hydrogens is 596 g/mol. The van der Waals surface area contributed by atoms with Gasteiger partial charge in [-0.25, -0.2) is 9.78 Å². The molecule has 0 radical (unpaired) electrons. The zero-order valence-electron chi connectivity index (χ0n) is 23.9. The Hall–Kier alpha value is -4.46. The van der Waals surface area contributed by atoms with E-state index in [1.54, 1.807) is 26.8 Å². The summed E-state index contributed by atoms with van der Waals surface area (Å²) in [6.45, 7) is 4.91. The highest BCUT2D eigenvalue weighted by Gasteiger charge is 2.43. The van der Waals surface area contributed by atoms with Crippen LogP contribution in [-0.4, -0.2) is 50.0 Å². The van der Waals surface area contributed by atoms with Crippen LogP contribution in [0.15, 0.2) is 30.3 Å². The SMILES string of the molecule is CC[C@@H]1C[C@H](N(Cc2cc(C#N)cc(C(F)(F)F)c2)c2nnn(CCN)n2)c2nc(C(F)(F)F)ccc2N1C(=O)OC(C)C. The summed E-state index contributed by atoms with van der Waals surface area (Å²) in [5, 5.41) is 21.6. The fourth-order valence-electron chi connectivity index (χ4n) is 4.96. The molecule has 2 N–H and O–H groups in total. The maximum atomic E-state index is 13.9. The van der Waals surface area contributed by atoms with Gasteiger partial charge in [-0.1, -0.05) is 12.0 Å². The van der Waals surface area contributed by atoms with Crippen molar-refractivity contribution in [3.8, 4) is 6.07 Å². The first kappa shape index (κ1) is 32.5. The molecule has 4 rings (SSSR count). The van der Waals surface area contributed by atoms with Gasteiger partial charge in [-0.05, 0) is 67.8 Å². The number of ether oxygens (including phenoxy) is 1. The lowest BCUT2D eigenvalue weighted by atomic mass is 9.91. The molecule has 0 fully saturated rings. The summed E-state index contributed by atoms with van der Waals surface area (Å²) in [6.07, 6.45) is -10.6. The second kappa shape index (κ2) is 12.6. The largest absolute Gasteiger partial charge is 0.446 e. The minimum Gasteiger partial charge on any atom is -0.446 e. The number of halogens is 6. The normalized spacial score (nSPS) is 16.9. The van der Waals surface area contributed by atoms with Crippen molar-refractivity contribution in [1.82, 2.24) is 25.2 Å². The number of tetrazole rings is 1. The van der Waals surface area contributed by atoms with Crippen LogP contribution in [0.5, 0.6) is 0 Å². The predicted octanol–water partition coefficient (Wildman–Crippen LogP) is 5.22. The maximum Gasteiger partial charge on any atom is 0.433 e. The van der Waals surface area contributed by atoms with Gasteiger partial charge in [-0.3, -0.25) is 4.90 Å². The highest BCUT2D eigenvalue weighted by molar-refractivity contribution is 5.90. The van der Waals surface area contributed by atoms with E-state index in [0.717, 1.165) is 23.0 Å². The van der Waals surface area contributed by atoms with E-state index in [9.17, 15) is 36.4 Å². The molecule has 1 amide bonds. The highest BCUT2D eigenvalue weighted by atomic mass is 19.4. The van der Waals surface area contributed by atoms with Crippen LogP contribution in [0.2, 0.25) is 0 Å². The zero-order valence-corrected chi connectivity index (χ0v) is 23.9. The number of hydrogen-bond acceptors (Lipinski definition) is 9. The number of anilines is 2. The maximum absolute atomic E-state index is 13.9. The Labute approximate surface area is 248 Å². The van der Waals surface area contributed by atoms with Crippen molar-refractivity contribution in [1.29, 1.82) is 5.26 Å². The van der Waals surface area contributed by atoms with Crippen molar-refractivity contribution < 1.29 is 35.9 Å². The first-order chi connectivity index (χ1) is 20.7. The van der Waals surface area contributed by atoms with Crippen molar-refractivity contribution in [3.63, 3.8) is 0 Å². The van der Waals surface area contributed by atoms with Gasteiger partial charge in [0.15, 0.2) is 0 Å². The summed E-state index contributed by atoms with van der Waals surface area (Å²) in [5.41, 5.74) is 2.86. The van der Waals surface area contributed by atoms with Crippen molar-refractivity contribution in [2.45, 2.75) is 77.2 Å². The van der Waals surface area contributed by atoms with Crippen LogP contribution in [0.25, 0.3) is 0 Å². The number of nitrogens with two attached hydrogens (primary N) is 1. The number of aromatic nitrogens is 5. The summed E-state index contributed by atoms with van der Waals surface area (Å²) < 4.78 is 88.2. The van der Waals surface area contributed by atoms with Crippen LogP contribution in [0.1, 0.15) is 67.7 Å². The van der Waals surface area contributed by atoms with E-state index in [1.165, 1.54) is 15.9 Å². The Kier molecular flexibility index (Phi) is 9.33. The molecule has 44 heavy (non-hydrogen) atoms. The molecule has 0 saturated heterocycles. The molecule has 1 aromatic carbocycles. The monoisotopic (exact) mass is 625 g/mol. The standard InChI is InChI=1S/C27H29F6N9O2/c1-4-19-12-21(23-20(42(19)25(43)44-15(2)3)5-6-22(36-23)27(31,32)33)40(24-37-39-41(38-24)8-7-34)14-17-9-16(13-35)10-18(11-17)26(28,29)30/h5-6,9-11,15,19,21H,4,7-8,12,14,34H2,1-3H3/t19-,21+/m1/s1. The van der Waals surface area contributed by atoms with Crippen molar-refractivity contribution >= 4 is 17.7 Å². The Morgan fingerprint density at radius 2 is 1.91 bits per heavy atom. The lowest BCUT2D eigenvalue weighted by Crippen LogP contribution is -2.49. The predicted molar refractivity (Wildman–Crippen MR) is 144 cm³/mol. The van der Waals surface area contributed by atoms with E-state index >= 15 is 0 Å². The van der Waals surface area contributed by atoms with Gasteiger partial charge in [0, 0.05) is 19.1 Å². The summed E-state index contributed by atoms with van der Waals surface area (Å²) in [5.74, 6) is -0.127. The number of amides is 1. The average Bonchev–Trinajstić information content (AvgIpc) is 3.41. The number of nitrogens with zero attached hydrogens (tertiary/aromatic N) is 8. The first-order valence-electron chi connectivity index (χ1n) is 13.6. The molecule has 236 valence electrons. The molecule has 0 aliphatic carbocycles. The molecule has 3 aromatic rings. The molecule has 0 saturated carbocycles. The van der Waals surface area contributed by atoms with Gasteiger partial charge >= 0.3 is 18.4 Å². The molecule has 0 unspecified atom stereocenters. The van der Waals surface area contributed by atoms with Gasteiger partial charge in [-0.2, -0.15) is 36.4 Å². The van der Waals surface area contributed by atoms with Crippen molar-refractivity contribution in [3.05, 3.63) is 58.4 Å². The average molecular weight is 626 g/mol. The topological polar surface area (TPSA) is 139 Å². The fraction of sp³-hybridized carbons (Fsp3) is 0.481. The van der Waals surface area contributed by atoms with E-state index in [4.69, 9.17) is 10.5 Å². The van der Waals surface area contributed by atoms with E-state index in [2.05, 4.69) is 20.4 Å². The zero-order chi connectivity index (χ0) is 32.4. The molecule has 17 heteroatoms. The van der Waals surface area contributed by atoms with Crippen LogP contribution in [-0.2, 0) is 30.2 Å². The quantitative estimate of drug-likeness (QED) is 0.334. The number of carbonyl (C=O) groups is 1. The van der Waals surface area contributed by atoms with Crippen molar-refractivity contribution in [2.24, 2.45) is 5.73 Å². The molecular formula is C27H29F6N9O2. The van der Waals surface area contributed by atoms with Gasteiger partial charge in [0.1, 0.15) is 5.69 Å². The number of benzene rings is 1. The Morgan fingerprint density at radius 3 is 2.50 bits per heavy atom. The number of rotatable bonds is 8. The summed E-state index contributed by atoms with van der Waals surface area (Å²) in [4.78, 5) is 20.9. The van der Waals surface area contributed by atoms with Crippen molar-refractivity contribution in [2.75, 3.05) is 16.3 Å². The molecule has 0 spiro atoms. The fourth-order valence-corrected chi connectivity index (χ4v) is 4.96. The molecule has 2 aromatic heterocycles. The lowest BCUT2D eigenvalue weighted by molar-refractivity contribution is -0.141. The summed E-state index contributed by atoms with van der Waals surface area (Å²) >= 11 is 0. The highest BCUT2D eigenvalue weighted by Crippen LogP contribution is 2.44. The number of nitriles is 1. The Morgan fingerprint density at radius 1 is 1.18 bits per heavy atom. The van der Waals surface area contributed by atoms with E-state index in [1.807, 2.05) is 0 Å². The number of carbonyl (C=O) groups excluding carboxylic acids is 1. The molecule has 11 nitrogen and oxygen atoms in total. The Bertz CT molecular complexity index is 1530. The Balaban J connectivity index is 1.93. The third-order valence-electron chi connectivity index (χ3n) is 6.84. The molecule has 1 aliphatic heterocycles. The molecule has 1 aliphatic rings. The van der Waals surface area contributed by atoms with Gasteiger partial charge in [-0.15, -0.1) is 5.10 Å².